The van der Waals surface area contributed by atoms with Crippen molar-refractivity contribution in [3.05, 3.63) is 12.3 Å². The first-order chi connectivity index (χ1) is 7.08. The predicted octanol–water partition coefficient (Wildman–Crippen LogP) is 2.35. The van der Waals surface area contributed by atoms with Gasteiger partial charge in [0.2, 0.25) is 0 Å². The maximum atomic E-state index is 12.5. The zero-order valence-corrected chi connectivity index (χ0v) is 9.30. The third-order valence-electron chi connectivity index (χ3n) is 2.14. The van der Waals surface area contributed by atoms with E-state index in [-0.39, 0.29) is 23.8 Å². The number of hydrogen-bond acceptors (Lipinski definition) is 2. The molecule has 80 valence electrons. The van der Waals surface area contributed by atoms with E-state index in [1.807, 2.05) is 0 Å². The lowest BCUT2D eigenvalue weighted by Crippen LogP contribution is -2.08. The summed E-state index contributed by atoms with van der Waals surface area (Å²) in [4.78, 5) is 3.82. The highest BCUT2D eigenvalue weighted by Crippen LogP contribution is 2.48. The number of aliphatic imine (C=N–C) groups is 1. The van der Waals surface area contributed by atoms with E-state index in [1.54, 1.807) is 6.08 Å². The van der Waals surface area contributed by atoms with Crippen LogP contribution in [-0.2, 0) is 4.74 Å². The molecule has 2 nitrogen and oxygen atoms in total. The van der Waals surface area contributed by atoms with Gasteiger partial charge in [0.15, 0.2) is 0 Å². The summed E-state index contributed by atoms with van der Waals surface area (Å²) in [7, 11) is 0. The van der Waals surface area contributed by atoms with Crippen LogP contribution in [0.4, 0.5) is 8.78 Å². The van der Waals surface area contributed by atoms with E-state index in [9.17, 15) is 8.78 Å². The fraction of sp³-hybridized carbons (Fsp3) is 0.500. The van der Waals surface area contributed by atoms with Crippen LogP contribution in [0.1, 0.15) is 6.42 Å². The average molecular weight is 276 g/mol. The van der Waals surface area contributed by atoms with Crippen molar-refractivity contribution in [1.29, 1.82) is 0 Å². The van der Waals surface area contributed by atoms with Gasteiger partial charge in [-0.05, 0) is 12.0 Å². The third-order valence-corrected chi connectivity index (χ3v) is 2.67. The Kier molecular flexibility index (Phi) is 2.79. The SMILES string of the molecule is FC1(F)CC1COC1=NC=CC(Br)C#C1. The minimum absolute atomic E-state index is 0.0126. The quantitative estimate of drug-likeness (QED) is 0.560. The molecule has 0 spiro atoms. The summed E-state index contributed by atoms with van der Waals surface area (Å²) in [5, 5.41) is 0. The van der Waals surface area contributed by atoms with E-state index in [0.717, 1.165) is 0 Å². The Bertz CT molecular complexity index is 381. The van der Waals surface area contributed by atoms with Crippen molar-refractivity contribution in [1.82, 2.24) is 0 Å². The molecule has 1 aliphatic heterocycles. The van der Waals surface area contributed by atoms with E-state index in [1.165, 1.54) is 6.20 Å². The van der Waals surface area contributed by atoms with Crippen LogP contribution in [0.5, 0.6) is 0 Å². The smallest absolute Gasteiger partial charge is 0.268 e. The Morgan fingerprint density at radius 2 is 2.40 bits per heavy atom. The van der Waals surface area contributed by atoms with Crippen molar-refractivity contribution in [2.24, 2.45) is 10.9 Å². The molecule has 2 aliphatic rings. The summed E-state index contributed by atoms with van der Waals surface area (Å²) in [6.07, 6.45) is 3.19. The molecule has 1 aliphatic carbocycles. The van der Waals surface area contributed by atoms with E-state index in [0.29, 0.717) is 0 Å². The molecule has 1 heterocycles. The van der Waals surface area contributed by atoms with E-state index < -0.39 is 11.8 Å². The molecule has 0 aromatic rings. The van der Waals surface area contributed by atoms with Crippen molar-refractivity contribution < 1.29 is 13.5 Å². The highest BCUT2D eigenvalue weighted by Gasteiger charge is 2.57. The lowest BCUT2D eigenvalue weighted by Gasteiger charge is -2.01. The maximum absolute atomic E-state index is 12.5. The summed E-state index contributed by atoms with van der Waals surface area (Å²) >= 11 is 3.27. The highest BCUT2D eigenvalue weighted by atomic mass is 79.9. The van der Waals surface area contributed by atoms with Gasteiger partial charge in [0.1, 0.15) is 0 Å². The highest BCUT2D eigenvalue weighted by molar-refractivity contribution is 9.09. The summed E-state index contributed by atoms with van der Waals surface area (Å²) in [5.74, 6) is 2.44. The predicted molar refractivity (Wildman–Crippen MR) is 56.1 cm³/mol. The summed E-state index contributed by atoms with van der Waals surface area (Å²) < 4.78 is 30.1. The fourth-order valence-corrected chi connectivity index (χ4v) is 1.35. The molecule has 5 heteroatoms. The topological polar surface area (TPSA) is 21.6 Å². The Labute approximate surface area is 94.5 Å². The molecule has 0 aromatic carbocycles. The van der Waals surface area contributed by atoms with Gasteiger partial charge in [-0.3, -0.25) is 0 Å². The normalized spacial score (nSPS) is 31.0. The van der Waals surface area contributed by atoms with E-state index in [4.69, 9.17) is 4.74 Å². The monoisotopic (exact) mass is 275 g/mol. The molecule has 2 rings (SSSR count). The number of allylic oxidation sites excluding steroid dienone is 1. The van der Waals surface area contributed by atoms with E-state index >= 15 is 0 Å². The largest absolute Gasteiger partial charge is 0.471 e. The summed E-state index contributed by atoms with van der Waals surface area (Å²) in [5.41, 5.74) is 0. The molecule has 0 aromatic heterocycles. The number of alkyl halides is 3. The second-order valence-electron chi connectivity index (χ2n) is 3.42. The van der Waals surface area contributed by atoms with Gasteiger partial charge in [0.25, 0.3) is 11.8 Å². The lowest BCUT2D eigenvalue weighted by molar-refractivity contribution is 0.0843. The number of halogens is 3. The molecule has 1 fully saturated rings. The number of hydrogen-bond donors (Lipinski definition) is 0. The van der Waals surface area contributed by atoms with Crippen LogP contribution in [0.25, 0.3) is 0 Å². The summed E-state index contributed by atoms with van der Waals surface area (Å²) in [6.45, 7) is -0.0126. The molecule has 0 N–H and O–H groups in total. The average Bonchev–Trinajstić information content (AvgIpc) is 2.82. The molecule has 1 saturated carbocycles. The molecule has 15 heavy (non-hydrogen) atoms. The van der Waals surface area contributed by atoms with Gasteiger partial charge >= 0.3 is 0 Å². The molecule has 2 atom stereocenters. The molecule has 0 radical (unpaired) electrons. The minimum Gasteiger partial charge on any atom is -0.471 e. The van der Waals surface area contributed by atoms with Gasteiger partial charge in [-0.15, -0.1) is 0 Å². The van der Waals surface area contributed by atoms with Crippen molar-refractivity contribution in [2.45, 2.75) is 17.2 Å². The Balaban J connectivity index is 1.85. The second-order valence-corrected chi connectivity index (χ2v) is 4.41. The van der Waals surface area contributed by atoms with Gasteiger partial charge in [-0.1, -0.05) is 21.9 Å². The van der Waals surface area contributed by atoms with Gasteiger partial charge in [-0.2, -0.15) is 0 Å². The molecule has 0 bridgehead atoms. The van der Waals surface area contributed by atoms with Crippen LogP contribution in [0.15, 0.2) is 17.3 Å². The number of ether oxygens (including phenoxy) is 1. The molecular formula is C10H8BrF2NO. The van der Waals surface area contributed by atoms with Crippen LogP contribution in [0.3, 0.4) is 0 Å². The zero-order valence-electron chi connectivity index (χ0n) is 7.71. The van der Waals surface area contributed by atoms with Crippen LogP contribution in [-0.4, -0.2) is 23.3 Å². The van der Waals surface area contributed by atoms with Gasteiger partial charge in [0.05, 0.1) is 17.4 Å². The van der Waals surface area contributed by atoms with E-state index in [2.05, 4.69) is 32.8 Å². The van der Waals surface area contributed by atoms with Crippen LogP contribution in [0.2, 0.25) is 0 Å². The Morgan fingerprint density at radius 3 is 3.07 bits per heavy atom. The van der Waals surface area contributed by atoms with Gasteiger partial charge in [0, 0.05) is 12.6 Å². The van der Waals surface area contributed by atoms with Crippen LogP contribution >= 0.6 is 15.9 Å². The first kappa shape index (κ1) is 10.6. The molecule has 2 unspecified atom stereocenters. The lowest BCUT2D eigenvalue weighted by atomic mass is 10.4. The number of nitrogens with zero attached hydrogens (tertiary/aromatic N) is 1. The number of rotatable bonds is 2. The maximum Gasteiger partial charge on any atom is 0.268 e. The standard InChI is InChI=1S/C10H8BrF2NO/c11-8-1-2-9(14-4-3-8)15-6-7-5-10(7,12)13/h3-4,7-8H,5-6H2. The first-order valence-corrected chi connectivity index (χ1v) is 5.40. The molecular weight excluding hydrogens is 268 g/mol. The summed E-state index contributed by atoms with van der Waals surface area (Å²) in [6, 6.07) is 0. The zero-order chi connectivity index (χ0) is 10.9. The van der Waals surface area contributed by atoms with Crippen LogP contribution < -0.4 is 0 Å². The van der Waals surface area contributed by atoms with Gasteiger partial charge in [-0.25, -0.2) is 13.8 Å². The fourth-order valence-electron chi connectivity index (χ4n) is 1.10. The molecule has 0 amide bonds. The van der Waals surface area contributed by atoms with Crippen molar-refractivity contribution in [2.75, 3.05) is 6.61 Å². The van der Waals surface area contributed by atoms with Crippen molar-refractivity contribution in [3.8, 4) is 11.8 Å². The Hall–Kier alpha value is -0.890. The van der Waals surface area contributed by atoms with Crippen molar-refractivity contribution in [3.63, 3.8) is 0 Å². The minimum atomic E-state index is -2.55. The van der Waals surface area contributed by atoms with Gasteiger partial charge < -0.3 is 4.74 Å². The van der Waals surface area contributed by atoms with Crippen molar-refractivity contribution >= 4 is 21.8 Å². The molecule has 0 saturated heterocycles. The van der Waals surface area contributed by atoms with Crippen LogP contribution in [0, 0.1) is 17.8 Å². The second kappa shape index (κ2) is 3.93. The third kappa shape index (κ3) is 2.78. The first-order valence-electron chi connectivity index (χ1n) is 4.48. The Morgan fingerprint density at radius 1 is 1.67 bits per heavy atom.